The number of anilines is 1. The number of hydrogen-bond donors (Lipinski definition) is 2. The number of nitrogens with one attached hydrogen (secondary N) is 1. The predicted molar refractivity (Wildman–Crippen MR) is 73.8 cm³/mol. The topological polar surface area (TPSA) is 101 Å². The van der Waals surface area contributed by atoms with Gasteiger partial charge in [-0.15, -0.1) is 0 Å². The molecule has 1 aromatic heterocycles. The van der Waals surface area contributed by atoms with Crippen LogP contribution in [0.2, 0.25) is 0 Å². The van der Waals surface area contributed by atoms with Crippen LogP contribution in [0.1, 0.15) is 17.3 Å². The number of hydrogen-bond acceptors (Lipinski definition) is 6. The highest BCUT2D eigenvalue weighted by Gasteiger charge is 2.23. The fourth-order valence-electron chi connectivity index (χ4n) is 1.20. The number of carboxylic acid groups (broad SMARTS) is 1. The number of aromatic nitrogens is 1. The maximum absolute atomic E-state index is 11.5. The van der Waals surface area contributed by atoms with E-state index in [4.69, 9.17) is 9.47 Å². The highest BCUT2D eigenvalue weighted by Crippen LogP contribution is 2.30. The van der Waals surface area contributed by atoms with Crippen molar-refractivity contribution < 1.29 is 24.2 Å². The van der Waals surface area contributed by atoms with Gasteiger partial charge in [-0.3, -0.25) is 5.32 Å². The minimum atomic E-state index is -1.21. The molecule has 1 heterocycles. The van der Waals surface area contributed by atoms with Crippen molar-refractivity contribution in [2.24, 2.45) is 0 Å². The zero-order chi connectivity index (χ0) is 15.1. The molecule has 112 valence electrons. The van der Waals surface area contributed by atoms with Gasteiger partial charge in [0.2, 0.25) is 5.88 Å². The van der Waals surface area contributed by atoms with E-state index in [1.807, 2.05) is 6.92 Å². The van der Waals surface area contributed by atoms with Crippen molar-refractivity contribution in [2.75, 3.05) is 39.2 Å². The molecular weight excluding hydrogens is 286 g/mol. The Morgan fingerprint density at radius 2 is 2.10 bits per heavy atom. The number of carboxylic acids is 1. The molecule has 20 heavy (non-hydrogen) atoms. The number of rotatable bonds is 7. The standard InChI is InChI=1S/C11H17N3O5S/c1-4-18-5-6-19-8-7(10(15)16)9(20-13-8)12-11(17)14(2)3/h4-6H2,1-3H3,(H,12,17)(H,15,16). The normalized spacial score (nSPS) is 10.2. The van der Waals surface area contributed by atoms with Crippen molar-refractivity contribution in [1.82, 2.24) is 9.27 Å². The summed E-state index contributed by atoms with van der Waals surface area (Å²) in [5.74, 6) is -1.23. The SMILES string of the molecule is CCOCCOc1nsc(NC(=O)N(C)C)c1C(=O)O. The molecule has 0 saturated heterocycles. The van der Waals surface area contributed by atoms with Crippen LogP contribution in [0.5, 0.6) is 5.88 Å². The quantitative estimate of drug-likeness (QED) is 0.737. The largest absolute Gasteiger partial charge is 0.477 e. The Bertz CT molecular complexity index is 475. The van der Waals surface area contributed by atoms with Gasteiger partial charge in [-0.1, -0.05) is 0 Å². The Kier molecular flexibility index (Phi) is 6.19. The summed E-state index contributed by atoms with van der Waals surface area (Å²) >= 11 is 0.859. The lowest BCUT2D eigenvalue weighted by molar-refractivity contribution is 0.0687. The average Bonchev–Trinajstić information content (AvgIpc) is 2.77. The number of carbonyl (C=O) groups is 2. The first-order valence-electron chi connectivity index (χ1n) is 5.89. The highest BCUT2D eigenvalue weighted by atomic mass is 32.1. The van der Waals surface area contributed by atoms with Crippen LogP contribution in [0.3, 0.4) is 0 Å². The van der Waals surface area contributed by atoms with E-state index in [0.29, 0.717) is 13.2 Å². The van der Waals surface area contributed by atoms with Gasteiger partial charge in [0.15, 0.2) is 5.56 Å². The third-order valence-corrected chi connectivity index (χ3v) is 2.92. The van der Waals surface area contributed by atoms with Gasteiger partial charge < -0.3 is 19.5 Å². The van der Waals surface area contributed by atoms with Gasteiger partial charge in [-0.05, 0) is 18.5 Å². The van der Waals surface area contributed by atoms with E-state index in [-0.39, 0.29) is 23.1 Å². The summed E-state index contributed by atoms with van der Waals surface area (Å²) in [6.45, 7) is 2.93. The van der Waals surface area contributed by atoms with Crippen LogP contribution >= 0.6 is 11.5 Å². The molecule has 0 saturated carbocycles. The average molecular weight is 303 g/mol. The number of urea groups is 1. The van der Waals surface area contributed by atoms with Gasteiger partial charge in [-0.2, -0.15) is 4.37 Å². The number of carbonyl (C=O) groups excluding carboxylic acids is 1. The number of amides is 2. The maximum Gasteiger partial charge on any atom is 0.344 e. The molecule has 1 aromatic rings. The second kappa shape index (κ2) is 7.65. The molecule has 0 bridgehead atoms. The van der Waals surface area contributed by atoms with E-state index in [1.54, 1.807) is 14.1 Å². The van der Waals surface area contributed by atoms with E-state index in [9.17, 15) is 14.7 Å². The molecule has 0 fully saturated rings. The lowest BCUT2D eigenvalue weighted by Crippen LogP contribution is -2.27. The summed E-state index contributed by atoms with van der Waals surface area (Å²) in [6.07, 6.45) is 0. The maximum atomic E-state index is 11.5. The van der Waals surface area contributed by atoms with E-state index in [1.165, 1.54) is 4.90 Å². The molecule has 0 aliphatic heterocycles. The smallest absolute Gasteiger partial charge is 0.344 e. The first-order valence-corrected chi connectivity index (χ1v) is 6.66. The van der Waals surface area contributed by atoms with Crippen LogP contribution in [0.15, 0.2) is 0 Å². The Morgan fingerprint density at radius 1 is 1.40 bits per heavy atom. The second-order valence-electron chi connectivity index (χ2n) is 3.87. The number of ether oxygens (including phenoxy) is 2. The van der Waals surface area contributed by atoms with Gasteiger partial charge in [0.25, 0.3) is 0 Å². The minimum absolute atomic E-state index is 0.0174. The van der Waals surface area contributed by atoms with Gasteiger partial charge in [0, 0.05) is 20.7 Å². The third kappa shape index (κ3) is 4.35. The third-order valence-electron chi connectivity index (χ3n) is 2.17. The Balaban J connectivity index is 2.79. The molecule has 2 N–H and O–H groups in total. The van der Waals surface area contributed by atoms with Crippen molar-refractivity contribution in [3.63, 3.8) is 0 Å². The van der Waals surface area contributed by atoms with E-state index in [2.05, 4.69) is 9.69 Å². The highest BCUT2D eigenvalue weighted by molar-refractivity contribution is 7.11. The Labute approximate surface area is 120 Å². The molecule has 1 rings (SSSR count). The zero-order valence-electron chi connectivity index (χ0n) is 11.5. The summed E-state index contributed by atoms with van der Waals surface area (Å²) in [5.41, 5.74) is -0.151. The monoisotopic (exact) mass is 303 g/mol. The molecule has 0 aliphatic rings. The molecule has 0 aromatic carbocycles. The lowest BCUT2D eigenvalue weighted by atomic mass is 10.3. The molecular formula is C11H17N3O5S. The summed E-state index contributed by atoms with van der Waals surface area (Å²) in [5, 5.41) is 11.8. The van der Waals surface area contributed by atoms with Gasteiger partial charge in [0.05, 0.1) is 6.61 Å². The minimum Gasteiger partial charge on any atom is -0.477 e. The van der Waals surface area contributed by atoms with Crippen molar-refractivity contribution in [2.45, 2.75) is 6.92 Å². The fraction of sp³-hybridized carbons (Fsp3) is 0.545. The van der Waals surface area contributed by atoms with Crippen molar-refractivity contribution >= 4 is 28.5 Å². The van der Waals surface area contributed by atoms with Crippen LogP contribution in [0, 0.1) is 0 Å². The number of aromatic carboxylic acids is 1. The first-order chi connectivity index (χ1) is 9.47. The molecule has 8 nitrogen and oxygen atoms in total. The van der Waals surface area contributed by atoms with E-state index >= 15 is 0 Å². The van der Waals surface area contributed by atoms with E-state index < -0.39 is 12.0 Å². The van der Waals surface area contributed by atoms with Gasteiger partial charge in [0.1, 0.15) is 11.6 Å². The fourth-order valence-corrected chi connectivity index (χ4v) is 1.92. The van der Waals surface area contributed by atoms with Crippen LogP contribution in [0.25, 0.3) is 0 Å². The zero-order valence-corrected chi connectivity index (χ0v) is 12.3. The predicted octanol–water partition coefficient (Wildman–Crippen LogP) is 1.35. The molecule has 0 spiro atoms. The molecule has 2 amide bonds. The van der Waals surface area contributed by atoms with E-state index in [0.717, 1.165) is 11.5 Å². The first kappa shape index (κ1) is 16.2. The van der Waals surface area contributed by atoms with Crippen molar-refractivity contribution in [3.8, 4) is 5.88 Å². The molecule has 0 aliphatic carbocycles. The second-order valence-corrected chi connectivity index (χ2v) is 4.64. The Morgan fingerprint density at radius 3 is 2.65 bits per heavy atom. The van der Waals surface area contributed by atoms with Crippen LogP contribution < -0.4 is 10.1 Å². The molecule has 0 unspecified atom stereocenters. The molecule has 0 radical (unpaired) electrons. The van der Waals surface area contributed by atoms with Crippen molar-refractivity contribution in [3.05, 3.63) is 5.56 Å². The van der Waals surface area contributed by atoms with Crippen molar-refractivity contribution in [1.29, 1.82) is 0 Å². The lowest BCUT2D eigenvalue weighted by Gasteiger charge is -2.10. The van der Waals surface area contributed by atoms with Crippen LogP contribution in [-0.2, 0) is 4.74 Å². The van der Waals surface area contributed by atoms with Gasteiger partial charge in [-0.25, -0.2) is 9.59 Å². The number of nitrogens with zero attached hydrogens (tertiary/aromatic N) is 2. The Hall–Kier alpha value is -1.87. The van der Waals surface area contributed by atoms with Crippen LogP contribution in [0.4, 0.5) is 9.80 Å². The summed E-state index contributed by atoms with van der Waals surface area (Å²) in [7, 11) is 3.10. The molecule has 9 heteroatoms. The summed E-state index contributed by atoms with van der Waals surface area (Å²) in [6, 6.07) is -0.433. The summed E-state index contributed by atoms with van der Waals surface area (Å²) in [4.78, 5) is 24.1. The van der Waals surface area contributed by atoms with Crippen LogP contribution in [-0.4, -0.2) is 60.3 Å². The van der Waals surface area contributed by atoms with Gasteiger partial charge >= 0.3 is 12.0 Å². The summed E-state index contributed by atoms with van der Waals surface area (Å²) < 4.78 is 14.2. The molecule has 0 atom stereocenters.